The molecular formula is C49H85N3O16P2. The number of aromatic nitrogens is 2. The number of nitrogens with two attached hydrogens (primary N) is 1. The highest BCUT2D eigenvalue weighted by Crippen LogP contribution is 2.60. The Morgan fingerprint density at radius 2 is 1.31 bits per heavy atom. The molecule has 1 aliphatic rings. The minimum Gasteiger partial charge on any atom is -0.462 e. The number of anilines is 1. The molecule has 2 unspecified atom stereocenters. The zero-order valence-electron chi connectivity index (χ0n) is 42.0. The molecule has 0 amide bonds. The molecule has 21 heteroatoms. The van der Waals surface area contributed by atoms with Crippen LogP contribution in [-0.2, 0) is 51.1 Å². The van der Waals surface area contributed by atoms with Gasteiger partial charge in [-0.15, -0.1) is 0 Å². The molecule has 402 valence electrons. The van der Waals surface area contributed by atoms with Crippen molar-refractivity contribution in [2.75, 3.05) is 25.6 Å². The van der Waals surface area contributed by atoms with Crippen molar-refractivity contribution in [2.24, 2.45) is 5.92 Å². The molecule has 1 fully saturated rings. The molecule has 0 aromatic carbocycles. The minimum absolute atomic E-state index is 0.00108. The van der Waals surface area contributed by atoms with E-state index in [1.807, 2.05) is 12.2 Å². The number of phosphoric ester groups is 2. The summed E-state index contributed by atoms with van der Waals surface area (Å²) in [4.78, 5) is 73.7. The summed E-state index contributed by atoms with van der Waals surface area (Å²) in [6, 6.07) is 1.24. The number of nitrogen functional groups attached to an aromatic ring is 1. The smallest absolute Gasteiger partial charge is 0.462 e. The molecule has 2 heterocycles. The highest BCUT2D eigenvalue weighted by atomic mass is 31.3. The molecule has 1 aromatic rings. The van der Waals surface area contributed by atoms with Crippen molar-refractivity contribution in [3.8, 4) is 0 Å². The van der Waals surface area contributed by atoms with Gasteiger partial charge in [-0.3, -0.25) is 28.0 Å². The van der Waals surface area contributed by atoms with E-state index in [1.165, 1.54) is 63.9 Å². The number of unbranched alkanes of at least 4 members (excludes halogenated alkanes) is 19. The number of aliphatic hydroxyl groups excluding tert-OH is 2. The Morgan fingerprint density at radius 3 is 1.91 bits per heavy atom. The highest BCUT2D eigenvalue weighted by Gasteiger charge is 2.46. The van der Waals surface area contributed by atoms with E-state index in [1.54, 1.807) is 12.2 Å². The maximum absolute atomic E-state index is 12.9. The second kappa shape index (κ2) is 36.8. The van der Waals surface area contributed by atoms with Crippen molar-refractivity contribution < 1.29 is 71.1 Å². The number of esters is 2. The maximum atomic E-state index is 12.9. The number of hydrogen-bond acceptors (Lipinski definition) is 16. The van der Waals surface area contributed by atoms with Crippen molar-refractivity contribution in [3.63, 3.8) is 0 Å². The molecule has 0 saturated carbocycles. The Morgan fingerprint density at radius 1 is 0.757 bits per heavy atom. The number of hydrogen-bond donors (Lipinski definition) is 5. The van der Waals surface area contributed by atoms with E-state index in [4.69, 9.17) is 29.0 Å². The Bertz CT molecular complexity index is 1850. The zero-order chi connectivity index (χ0) is 51.6. The van der Waals surface area contributed by atoms with Gasteiger partial charge >= 0.3 is 33.3 Å². The van der Waals surface area contributed by atoms with Gasteiger partial charge in [0.15, 0.2) is 18.1 Å². The lowest BCUT2D eigenvalue weighted by Gasteiger charge is -2.21. The quantitative estimate of drug-likeness (QED) is 0.0134. The number of carbonyl (C=O) groups is 3. The third-order valence-corrected chi connectivity index (χ3v) is 14.3. The normalized spacial score (nSPS) is 19.4. The van der Waals surface area contributed by atoms with Crippen LogP contribution in [0.1, 0.15) is 194 Å². The van der Waals surface area contributed by atoms with Crippen molar-refractivity contribution >= 4 is 39.2 Å². The number of carbonyl (C=O) groups excluding carboxylic acids is 3. The third-order valence-electron chi connectivity index (χ3n) is 11.7. The molecule has 1 saturated heterocycles. The van der Waals surface area contributed by atoms with Gasteiger partial charge in [0, 0.05) is 25.5 Å². The van der Waals surface area contributed by atoms with Crippen LogP contribution in [0.3, 0.4) is 0 Å². The summed E-state index contributed by atoms with van der Waals surface area (Å²) in [5, 5.41) is 20.9. The van der Waals surface area contributed by atoms with Crippen LogP contribution in [0.5, 0.6) is 0 Å². The van der Waals surface area contributed by atoms with E-state index in [9.17, 15) is 48.3 Å². The van der Waals surface area contributed by atoms with Gasteiger partial charge in [-0.25, -0.2) is 13.9 Å². The molecule has 2 rings (SSSR count). The number of ketones is 1. The lowest BCUT2D eigenvalue weighted by molar-refractivity contribution is -0.161. The van der Waals surface area contributed by atoms with E-state index < -0.39 is 83.7 Å². The summed E-state index contributed by atoms with van der Waals surface area (Å²) in [6.45, 7) is 4.29. The molecule has 7 atom stereocenters. The van der Waals surface area contributed by atoms with Gasteiger partial charge in [-0.2, -0.15) is 9.29 Å². The van der Waals surface area contributed by atoms with E-state index in [2.05, 4.69) is 30.1 Å². The average molecular weight is 1030 g/mol. The second-order valence-corrected chi connectivity index (χ2v) is 21.6. The first kappa shape index (κ1) is 63.0. The molecular weight excluding hydrogens is 948 g/mol. The summed E-state index contributed by atoms with van der Waals surface area (Å²) in [5.41, 5.74) is 4.58. The van der Waals surface area contributed by atoms with Crippen LogP contribution in [0.15, 0.2) is 41.4 Å². The van der Waals surface area contributed by atoms with Gasteiger partial charge in [0.25, 0.3) is 0 Å². The first-order valence-corrected chi connectivity index (χ1v) is 28.7. The molecule has 0 radical (unpaired) electrons. The SMILES string of the molecule is CCCCCC(=O)/C=C/C=C\CCCCCCCC(=O)O[C@H](COC(=O)CCCCCCCCCCCCCCCC(C)C)COP(=O)(O)OP(=O)(O)OC[C@H]1O[C@@H](n2ccc(N)nc2=O)[C@H](O)[C@@H]1O. The Kier molecular flexibility index (Phi) is 33.1. The van der Waals surface area contributed by atoms with Crippen LogP contribution in [0.2, 0.25) is 0 Å². The lowest BCUT2D eigenvalue weighted by Crippen LogP contribution is -2.36. The number of rotatable bonds is 42. The minimum atomic E-state index is -5.44. The maximum Gasteiger partial charge on any atom is 0.481 e. The molecule has 70 heavy (non-hydrogen) atoms. The predicted molar refractivity (Wildman–Crippen MR) is 266 cm³/mol. The Balaban J connectivity index is 1.81. The van der Waals surface area contributed by atoms with Crippen LogP contribution in [-0.4, -0.2) is 91.5 Å². The third kappa shape index (κ3) is 30.1. The van der Waals surface area contributed by atoms with Crippen molar-refractivity contribution in [3.05, 3.63) is 47.1 Å². The van der Waals surface area contributed by atoms with E-state index in [0.29, 0.717) is 19.3 Å². The van der Waals surface area contributed by atoms with Crippen molar-refractivity contribution in [2.45, 2.75) is 218 Å². The number of aliphatic hydroxyl groups is 2. The van der Waals surface area contributed by atoms with Crippen LogP contribution >= 0.6 is 15.6 Å². The zero-order valence-corrected chi connectivity index (χ0v) is 43.8. The second-order valence-electron chi connectivity index (χ2n) is 18.5. The summed E-state index contributed by atoms with van der Waals surface area (Å²) in [6.07, 6.45) is 25.3. The van der Waals surface area contributed by atoms with Crippen LogP contribution < -0.4 is 11.4 Å². The molecule has 0 aliphatic carbocycles. The lowest BCUT2D eigenvalue weighted by atomic mass is 10.0. The van der Waals surface area contributed by atoms with E-state index in [0.717, 1.165) is 93.7 Å². The summed E-state index contributed by atoms with van der Waals surface area (Å²) < 4.78 is 56.7. The first-order valence-electron chi connectivity index (χ1n) is 25.7. The average Bonchev–Trinajstić information content (AvgIpc) is 3.58. The first-order chi connectivity index (χ1) is 33.4. The summed E-state index contributed by atoms with van der Waals surface area (Å²) in [5.74, 6) is -0.444. The van der Waals surface area contributed by atoms with Gasteiger partial charge in [0.2, 0.25) is 0 Å². The van der Waals surface area contributed by atoms with Crippen molar-refractivity contribution in [1.82, 2.24) is 9.55 Å². The molecule has 1 aromatic heterocycles. The number of ether oxygens (including phenoxy) is 3. The summed E-state index contributed by atoms with van der Waals surface area (Å²) in [7, 11) is -10.9. The molecule has 19 nitrogen and oxygen atoms in total. The Hall–Kier alpha value is -3.09. The molecule has 0 bridgehead atoms. The number of allylic oxidation sites excluding steroid dienone is 4. The Labute approximate surface area is 415 Å². The van der Waals surface area contributed by atoms with Gasteiger partial charge in [0.1, 0.15) is 30.7 Å². The predicted octanol–water partition coefficient (Wildman–Crippen LogP) is 9.65. The molecule has 0 spiro atoms. The summed E-state index contributed by atoms with van der Waals surface area (Å²) >= 11 is 0. The topological polar surface area (TPSA) is 283 Å². The van der Waals surface area contributed by atoms with Gasteiger partial charge in [-0.05, 0) is 50.2 Å². The number of nitrogens with zero attached hydrogens (tertiary/aromatic N) is 2. The van der Waals surface area contributed by atoms with Gasteiger partial charge in [-0.1, -0.05) is 155 Å². The van der Waals surface area contributed by atoms with Crippen LogP contribution in [0.25, 0.3) is 0 Å². The van der Waals surface area contributed by atoms with Gasteiger partial charge in [0.05, 0.1) is 13.2 Å². The van der Waals surface area contributed by atoms with Crippen LogP contribution in [0.4, 0.5) is 5.82 Å². The fourth-order valence-corrected chi connectivity index (χ4v) is 9.77. The highest BCUT2D eigenvalue weighted by molar-refractivity contribution is 7.61. The van der Waals surface area contributed by atoms with E-state index in [-0.39, 0.29) is 24.4 Å². The van der Waals surface area contributed by atoms with Crippen LogP contribution in [0, 0.1) is 5.92 Å². The van der Waals surface area contributed by atoms with Crippen molar-refractivity contribution in [1.29, 1.82) is 0 Å². The monoisotopic (exact) mass is 1030 g/mol. The largest absolute Gasteiger partial charge is 0.481 e. The number of phosphoric acid groups is 2. The van der Waals surface area contributed by atoms with E-state index >= 15 is 0 Å². The standard InChI is InChI=1S/C49H85N3O16P2/c1-4-5-24-30-40(53)31-26-21-17-13-11-15-19-23-28-33-45(55)66-41(36-63-44(54)32-27-22-18-14-10-8-6-7-9-12-16-20-25-29-39(2)3)37-64-69(59,60)68-70(61,62)65-38-42-46(56)47(57)48(67-42)52-35-34-43(50)51-49(52)58/h17,21,26,31,34-35,39,41-42,46-48,56-57H,4-16,18-20,22-25,27-30,32-33,36-38H2,1-3H3,(H,59,60)(H,61,62)(H2,50,51,58)/b21-17-,31-26+/t41-,42-,46-,47-,48-/m1/s1. The van der Waals surface area contributed by atoms with Gasteiger partial charge < -0.3 is 39.9 Å². The molecule has 1 aliphatic heterocycles. The fraction of sp³-hybridized carbons (Fsp3) is 0.776. The molecule has 6 N–H and O–H groups in total. The fourth-order valence-electron chi connectivity index (χ4n) is 7.66.